The minimum Gasteiger partial charge on any atom is -0.489 e. The first kappa shape index (κ1) is 19.0. The van der Waals surface area contributed by atoms with Gasteiger partial charge in [0.1, 0.15) is 23.1 Å². The van der Waals surface area contributed by atoms with Crippen molar-refractivity contribution < 1.29 is 14.6 Å². The van der Waals surface area contributed by atoms with Gasteiger partial charge in [-0.3, -0.25) is 5.10 Å². The highest BCUT2D eigenvalue weighted by Crippen LogP contribution is 2.27. The predicted molar refractivity (Wildman–Crippen MR) is 105 cm³/mol. The number of carbonyl (C=O) groups is 1. The van der Waals surface area contributed by atoms with E-state index in [-0.39, 0.29) is 4.91 Å². The molecule has 6 nitrogen and oxygen atoms in total. The number of aliphatic carboxylic acids is 1. The topological polar surface area (TPSA) is 88.1 Å². The molecule has 27 heavy (non-hydrogen) atoms. The molecule has 0 aliphatic carbocycles. The Labute approximate surface area is 165 Å². The van der Waals surface area contributed by atoms with E-state index in [1.54, 1.807) is 43.3 Å². The minimum atomic E-state index is -1.05. The largest absolute Gasteiger partial charge is 0.489 e. The Balaban J connectivity index is 1.75. The van der Waals surface area contributed by atoms with Crippen molar-refractivity contribution in [3.63, 3.8) is 0 Å². The lowest BCUT2D eigenvalue weighted by Gasteiger charge is -2.08. The number of hydrogen-bond donors (Lipinski definition) is 2. The number of thioether (sulfide) groups is 1. The summed E-state index contributed by atoms with van der Waals surface area (Å²) in [5, 5.41) is 17.1. The molecule has 0 atom stereocenters. The van der Waals surface area contributed by atoms with Gasteiger partial charge < -0.3 is 9.84 Å². The van der Waals surface area contributed by atoms with Crippen molar-refractivity contribution in [1.82, 2.24) is 15.2 Å². The number of carboxylic acid groups (broad SMARTS) is 1. The second kappa shape index (κ2) is 8.75. The smallest absolute Gasteiger partial charge is 0.342 e. The molecular formula is C19H16ClN3O3S. The molecule has 0 saturated carbocycles. The van der Waals surface area contributed by atoms with Crippen molar-refractivity contribution in [3.8, 4) is 5.75 Å². The number of aryl methyl sites for hydroxylation is 1. The molecule has 1 heterocycles. The zero-order valence-electron chi connectivity index (χ0n) is 14.3. The van der Waals surface area contributed by atoms with Crippen molar-refractivity contribution in [3.05, 3.63) is 75.4 Å². The van der Waals surface area contributed by atoms with E-state index in [1.165, 1.54) is 0 Å². The van der Waals surface area contributed by atoms with Gasteiger partial charge in [0, 0.05) is 10.6 Å². The van der Waals surface area contributed by atoms with Crippen LogP contribution in [0.25, 0.3) is 6.08 Å². The zero-order chi connectivity index (χ0) is 19.2. The molecule has 0 saturated heterocycles. The molecular weight excluding hydrogens is 386 g/mol. The van der Waals surface area contributed by atoms with Crippen LogP contribution in [-0.4, -0.2) is 26.3 Å². The third-order valence-corrected chi connectivity index (χ3v) is 4.74. The summed E-state index contributed by atoms with van der Waals surface area (Å²) in [5.74, 6) is 0.189. The van der Waals surface area contributed by atoms with Crippen molar-refractivity contribution in [2.75, 3.05) is 0 Å². The molecule has 0 aliphatic heterocycles. The van der Waals surface area contributed by atoms with Gasteiger partial charge in [0.15, 0.2) is 0 Å². The first-order valence-corrected chi connectivity index (χ1v) is 9.19. The van der Waals surface area contributed by atoms with E-state index in [0.717, 1.165) is 17.3 Å². The number of nitrogens with zero attached hydrogens (tertiary/aromatic N) is 2. The van der Waals surface area contributed by atoms with Crippen LogP contribution in [-0.2, 0) is 11.4 Å². The van der Waals surface area contributed by atoms with Gasteiger partial charge >= 0.3 is 5.97 Å². The number of hydrogen-bond acceptors (Lipinski definition) is 5. The lowest BCUT2D eigenvalue weighted by molar-refractivity contribution is -0.131. The van der Waals surface area contributed by atoms with Crippen LogP contribution in [0.15, 0.2) is 58.6 Å². The maximum atomic E-state index is 11.5. The van der Waals surface area contributed by atoms with Crippen LogP contribution >= 0.6 is 23.4 Å². The van der Waals surface area contributed by atoms with Crippen LogP contribution in [0.1, 0.15) is 17.0 Å². The molecule has 3 aromatic rings. The van der Waals surface area contributed by atoms with E-state index in [1.807, 2.05) is 18.2 Å². The number of aromatic nitrogens is 3. The van der Waals surface area contributed by atoms with Gasteiger partial charge in [-0.05, 0) is 48.5 Å². The maximum absolute atomic E-state index is 11.5. The molecule has 0 unspecified atom stereocenters. The van der Waals surface area contributed by atoms with E-state index in [0.29, 0.717) is 33.9 Å². The third kappa shape index (κ3) is 5.35. The summed E-state index contributed by atoms with van der Waals surface area (Å²) in [4.78, 5) is 15.8. The SMILES string of the molecule is Cc1nc(S/C(=C\c2cccc(OCc3ccccc3Cl)c2)C(=O)O)n[nH]1. The monoisotopic (exact) mass is 401 g/mol. The highest BCUT2D eigenvalue weighted by Gasteiger charge is 2.13. The first-order valence-electron chi connectivity index (χ1n) is 7.99. The van der Waals surface area contributed by atoms with Gasteiger partial charge in [-0.15, -0.1) is 5.10 Å². The normalized spacial score (nSPS) is 11.4. The quantitative estimate of drug-likeness (QED) is 0.445. The van der Waals surface area contributed by atoms with Crippen molar-refractivity contribution in [2.24, 2.45) is 0 Å². The van der Waals surface area contributed by atoms with Crippen molar-refractivity contribution in [1.29, 1.82) is 0 Å². The maximum Gasteiger partial charge on any atom is 0.342 e. The van der Waals surface area contributed by atoms with Gasteiger partial charge in [0.2, 0.25) is 5.16 Å². The molecule has 0 spiro atoms. The van der Waals surface area contributed by atoms with Crippen LogP contribution in [0, 0.1) is 6.92 Å². The summed E-state index contributed by atoms with van der Waals surface area (Å²) in [6.07, 6.45) is 1.56. The fourth-order valence-electron chi connectivity index (χ4n) is 2.22. The number of ether oxygens (including phenoxy) is 1. The van der Waals surface area contributed by atoms with Crippen LogP contribution in [0.4, 0.5) is 0 Å². The molecule has 0 fully saturated rings. The number of benzene rings is 2. The van der Waals surface area contributed by atoms with E-state index in [9.17, 15) is 9.90 Å². The number of halogens is 1. The van der Waals surface area contributed by atoms with Gasteiger partial charge in [0.25, 0.3) is 0 Å². The number of aromatic amines is 1. The molecule has 8 heteroatoms. The summed E-state index contributed by atoms with van der Waals surface area (Å²) in [6, 6.07) is 14.6. The van der Waals surface area contributed by atoms with E-state index < -0.39 is 5.97 Å². The summed E-state index contributed by atoms with van der Waals surface area (Å²) in [6.45, 7) is 2.07. The van der Waals surface area contributed by atoms with E-state index in [4.69, 9.17) is 16.3 Å². The molecule has 0 radical (unpaired) electrons. The Kier molecular flexibility index (Phi) is 6.16. The fourth-order valence-corrected chi connectivity index (χ4v) is 3.17. The zero-order valence-corrected chi connectivity index (χ0v) is 15.9. The van der Waals surface area contributed by atoms with Crippen molar-refractivity contribution in [2.45, 2.75) is 18.7 Å². The summed E-state index contributed by atoms with van der Waals surface area (Å²) in [7, 11) is 0. The third-order valence-electron chi connectivity index (χ3n) is 3.50. The summed E-state index contributed by atoms with van der Waals surface area (Å²) < 4.78 is 5.78. The lowest BCUT2D eigenvalue weighted by Crippen LogP contribution is -1.98. The van der Waals surface area contributed by atoms with Crippen LogP contribution in [0.3, 0.4) is 0 Å². The van der Waals surface area contributed by atoms with E-state index in [2.05, 4.69) is 15.2 Å². The van der Waals surface area contributed by atoms with Gasteiger partial charge in [-0.25, -0.2) is 9.78 Å². The first-order chi connectivity index (χ1) is 13.0. The Morgan fingerprint density at radius 2 is 2.11 bits per heavy atom. The molecule has 2 aromatic carbocycles. The van der Waals surface area contributed by atoms with Crippen LogP contribution < -0.4 is 4.74 Å². The highest BCUT2D eigenvalue weighted by molar-refractivity contribution is 8.04. The number of H-pyrrole nitrogens is 1. The molecule has 138 valence electrons. The Hall–Kier alpha value is -2.77. The average molecular weight is 402 g/mol. The van der Waals surface area contributed by atoms with Crippen LogP contribution in [0.2, 0.25) is 5.02 Å². The summed E-state index contributed by atoms with van der Waals surface area (Å²) in [5.41, 5.74) is 1.57. The standard InChI is InChI=1S/C19H16ClN3O3S/c1-12-21-19(23-22-12)27-17(18(24)25)10-13-5-4-7-15(9-13)26-11-14-6-2-3-8-16(14)20/h2-10H,11H2,1H3,(H,24,25)(H,21,22,23)/b17-10-. The van der Waals surface area contributed by atoms with E-state index >= 15 is 0 Å². The van der Waals surface area contributed by atoms with Crippen molar-refractivity contribution >= 4 is 35.4 Å². The molecule has 0 aliphatic rings. The Bertz CT molecular complexity index is 988. The highest BCUT2D eigenvalue weighted by atomic mass is 35.5. The molecule has 2 N–H and O–H groups in total. The molecule has 0 bridgehead atoms. The van der Waals surface area contributed by atoms with Gasteiger partial charge in [-0.2, -0.15) is 0 Å². The molecule has 0 amide bonds. The second-order valence-corrected chi connectivity index (χ2v) is 6.99. The minimum absolute atomic E-state index is 0.109. The Morgan fingerprint density at radius 1 is 1.30 bits per heavy atom. The second-order valence-electron chi connectivity index (χ2n) is 5.57. The number of rotatable bonds is 7. The molecule has 3 rings (SSSR count). The number of nitrogens with one attached hydrogen (secondary N) is 1. The van der Waals surface area contributed by atoms with Crippen LogP contribution in [0.5, 0.6) is 5.75 Å². The van der Waals surface area contributed by atoms with Gasteiger partial charge in [0.05, 0.1) is 0 Å². The number of carboxylic acids is 1. The molecule has 1 aromatic heterocycles. The predicted octanol–water partition coefficient (Wildman–Crippen LogP) is 4.56. The fraction of sp³-hybridized carbons (Fsp3) is 0.105. The Morgan fingerprint density at radius 3 is 2.81 bits per heavy atom. The summed E-state index contributed by atoms with van der Waals surface area (Å²) >= 11 is 7.11. The van der Waals surface area contributed by atoms with Gasteiger partial charge in [-0.1, -0.05) is 41.9 Å². The average Bonchev–Trinajstić information content (AvgIpc) is 3.06. The lowest BCUT2D eigenvalue weighted by atomic mass is 10.2.